The number of hydrogen-bond acceptors (Lipinski definition) is 2. The Labute approximate surface area is 85.4 Å². The molecule has 1 atom stereocenters. The van der Waals surface area contributed by atoms with Gasteiger partial charge < -0.3 is 0 Å². The number of hydrogen-bond donors (Lipinski definition) is 2. The lowest BCUT2D eigenvalue weighted by molar-refractivity contribution is 0.501. The predicted octanol–water partition coefficient (Wildman–Crippen LogP) is 2.50. The van der Waals surface area contributed by atoms with Gasteiger partial charge in [0, 0.05) is 16.1 Å². The van der Waals surface area contributed by atoms with Crippen LogP contribution in [0.1, 0.15) is 24.9 Å². The Morgan fingerprint density at radius 1 is 1.62 bits per heavy atom. The van der Waals surface area contributed by atoms with Crippen molar-refractivity contribution in [3.8, 4) is 0 Å². The molecular weight excluding hydrogens is 235 g/mol. The molecule has 1 unspecified atom stereocenters. The van der Waals surface area contributed by atoms with Crippen molar-refractivity contribution in [3.63, 3.8) is 0 Å². The first-order valence-corrected chi connectivity index (χ1v) is 4.89. The first-order chi connectivity index (χ1) is 6.19. The maximum absolute atomic E-state index is 13.3. The van der Waals surface area contributed by atoms with E-state index >= 15 is 0 Å². The summed E-state index contributed by atoms with van der Waals surface area (Å²) in [6.07, 6.45) is 0.754. The average molecular weight is 247 g/mol. The number of nitrogens with one attached hydrogen (secondary N) is 1. The Hall–Kier alpha value is -0.450. The van der Waals surface area contributed by atoms with Crippen molar-refractivity contribution in [1.82, 2.24) is 5.43 Å². The minimum Gasteiger partial charge on any atom is -0.271 e. The van der Waals surface area contributed by atoms with Crippen molar-refractivity contribution < 1.29 is 4.39 Å². The van der Waals surface area contributed by atoms with Crippen molar-refractivity contribution in [2.75, 3.05) is 0 Å². The molecule has 0 saturated heterocycles. The van der Waals surface area contributed by atoms with Gasteiger partial charge in [0.1, 0.15) is 5.82 Å². The van der Waals surface area contributed by atoms with E-state index in [2.05, 4.69) is 21.4 Å². The van der Waals surface area contributed by atoms with E-state index in [0.717, 1.165) is 10.9 Å². The molecule has 0 aliphatic rings. The lowest BCUT2D eigenvalue weighted by Crippen LogP contribution is -2.28. The molecule has 1 aromatic carbocycles. The van der Waals surface area contributed by atoms with Crippen LogP contribution >= 0.6 is 15.9 Å². The second kappa shape index (κ2) is 4.69. The SMILES string of the molecule is CCC(NN)c1cc(Br)ccc1F. The summed E-state index contributed by atoms with van der Waals surface area (Å²) >= 11 is 3.29. The fourth-order valence-electron chi connectivity index (χ4n) is 1.21. The van der Waals surface area contributed by atoms with Gasteiger partial charge in [-0.25, -0.2) is 4.39 Å². The van der Waals surface area contributed by atoms with Gasteiger partial charge in [-0.1, -0.05) is 22.9 Å². The highest BCUT2D eigenvalue weighted by atomic mass is 79.9. The summed E-state index contributed by atoms with van der Waals surface area (Å²) in [4.78, 5) is 0. The molecule has 0 spiro atoms. The van der Waals surface area contributed by atoms with E-state index < -0.39 is 0 Å². The molecule has 2 nitrogen and oxygen atoms in total. The van der Waals surface area contributed by atoms with Crippen molar-refractivity contribution in [2.45, 2.75) is 19.4 Å². The van der Waals surface area contributed by atoms with Crippen LogP contribution in [-0.4, -0.2) is 0 Å². The smallest absolute Gasteiger partial charge is 0.128 e. The van der Waals surface area contributed by atoms with Gasteiger partial charge >= 0.3 is 0 Å². The highest BCUT2D eigenvalue weighted by molar-refractivity contribution is 9.10. The Kier molecular flexibility index (Phi) is 3.84. The Morgan fingerprint density at radius 3 is 2.85 bits per heavy atom. The molecule has 1 rings (SSSR count). The van der Waals surface area contributed by atoms with Crippen LogP contribution in [0.3, 0.4) is 0 Å². The van der Waals surface area contributed by atoms with Crippen LogP contribution < -0.4 is 11.3 Å². The second-order valence-corrected chi connectivity index (χ2v) is 3.71. The fraction of sp³-hybridized carbons (Fsp3) is 0.333. The molecule has 3 N–H and O–H groups in total. The Morgan fingerprint density at radius 2 is 2.31 bits per heavy atom. The number of hydrazine groups is 1. The monoisotopic (exact) mass is 246 g/mol. The molecule has 0 aliphatic carbocycles. The predicted molar refractivity (Wildman–Crippen MR) is 54.5 cm³/mol. The third-order valence-corrected chi connectivity index (χ3v) is 2.44. The molecule has 0 aromatic heterocycles. The fourth-order valence-corrected chi connectivity index (χ4v) is 1.59. The van der Waals surface area contributed by atoms with E-state index in [4.69, 9.17) is 5.84 Å². The summed E-state index contributed by atoms with van der Waals surface area (Å²) in [6, 6.07) is 4.71. The van der Waals surface area contributed by atoms with Crippen molar-refractivity contribution >= 4 is 15.9 Å². The van der Waals surface area contributed by atoms with Gasteiger partial charge in [-0.05, 0) is 24.6 Å². The summed E-state index contributed by atoms with van der Waals surface area (Å²) in [5.41, 5.74) is 3.17. The number of rotatable bonds is 3. The van der Waals surface area contributed by atoms with E-state index in [-0.39, 0.29) is 11.9 Å². The molecule has 0 bridgehead atoms. The molecule has 4 heteroatoms. The largest absolute Gasteiger partial charge is 0.271 e. The first kappa shape index (κ1) is 10.6. The van der Waals surface area contributed by atoms with Crippen molar-refractivity contribution in [1.29, 1.82) is 0 Å². The summed E-state index contributed by atoms with van der Waals surface area (Å²) in [6.45, 7) is 1.95. The molecule has 13 heavy (non-hydrogen) atoms. The summed E-state index contributed by atoms with van der Waals surface area (Å²) in [5, 5.41) is 0. The summed E-state index contributed by atoms with van der Waals surface area (Å²) in [5.74, 6) is 5.07. The standard InChI is InChI=1S/C9H12BrFN2/c1-2-9(13-12)7-5-6(10)3-4-8(7)11/h3-5,9,13H,2,12H2,1H3. The molecule has 0 radical (unpaired) electrons. The summed E-state index contributed by atoms with van der Waals surface area (Å²) < 4.78 is 14.1. The van der Waals surface area contributed by atoms with Gasteiger partial charge in [0.25, 0.3) is 0 Å². The van der Waals surface area contributed by atoms with Gasteiger partial charge in [0.2, 0.25) is 0 Å². The number of benzene rings is 1. The quantitative estimate of drug-likeness (QED) is 0.636. The second-order valence-electron chi connectivity index (χ2n) is 2.79. The van der Waals surface area contributed by atoms with E-state index in [0.29, 0.717) is 5.56 Å². The van der Waals surface area contributed by atoms with E-state index in [9.17, 15) is 4.39 Å². The highest BCUT2D eigenvalue weighted by Gasteiger charge is 2.12. The van der Waals surface area contributed by atoms with Gasteiger partial charge in [-0.2, -0.15) is 0 Å². The molecule has 0 aliphatic heterocycles. The van der Waals surface area contributed by atoms with Crippen LogP contribution in [-0.2, 0) is 0 Å². The van der Waals surface area contributed by atoms with E-state index in [1.54, 1.807) is 12.1 Å². The number of halogens is 2. The lowest BCUT2D eigenvalue weighted by atomic mass is 10.1. The molecule has 0 heterocycles. The third kappa shape index (κ3) is 2.49. The van der Waals surface area contributed by atoms with Crippen molar-refractivity contribution in [3.05, 3.63) is 34.1 Å². The molecule has 0 saturated carbocycles. The van der Waals surface area contributed by atoms with Crippen LogP contribution in [0.5, 0.6) is 0 Å². The zero-order chi connectivity index (χ0) is 9.84. The molecule has 0 fully saturated rings. The normalized spacial score (nSPS) is 12.9. The highest BCUT2D eigenvalue weighted by Crippen LogP contribution is 2.22. The third-order valence-electron chi connectivity index (χ3n) is 1.94. The van der Waals surface area contributed by atoms with Crippen LogP contribution in [0.2, 0.25) is 0 Å². The van der Waals surface area contributed by atoms with E-state index in [1.807, 2.05) is 6.92 Å². The zero-order valence-corrected chi connectivity index (χ0v) is 8.94. The lowest BCUT2D eigenvalue weighted by Gasteiger charge is -2.14. The van der Waals surface area contributed by atoms with Crippen LogP contribution in [0.4, 0.5) is 4.39 Å². The minimum atomic E-state index is -0.229. The average Bonchev–Trinajstić information content (AvgIpc) is 2.13. The zero-order valence-electron chi connectivity index (χ0n) is 7.35. The minimum absolute atomic E-state index is 0.127. The molecular formula is C9H12BrFN2. The number of nitrogens with two attached hydrogens (primary N) is 1. The van der Waals surface area contributed by atoms with Gasteiger partial charge in [0.05, 0.1) is 0 Å². The van der Waals surface area contributed by atoms with Gasteiger partial charge in [0.15, 0.2) is 0 Å². The molecule has 0 amide bonds. The first-order valence-electron chi connectivity index (χ1n) is 4.10. The summed E-state index contributed by atoms with van der Waals surface area (Å²) in [7, 11) is 0. The molecule has 72 valence electrons. The van der Waals surface area contributed by atoms with Crippen LogP contribution in [0.25, 0.3) is 0 Å². The van der Waals surface area contributed by atoms with Crippen molar-refractivity contribution in [2.24, 2.45) is 5.84 Å². The Bertz CT molecular complexity index is 287. The van der Waals surface area contributed by atoms with Gasteiger partial charge in [-0.3, -0.25) is 11.3 Å². The van der Waals surface area contributed by atoms with Crippen LogP contribution in [0.15, 0.2) is 22.7 Å². The Balaban J connectivity index is 3.03. The molecule has 1 aromatic rings. The topological polar surface area (TPSA) is 38.0 Å². The van der Waals surface area contributed by atoms with Gasteiger partial charge in [-0.15, -0.1) is 0 Å². The maximum Gasteiger partial charge on any atom is 0.128 e. The maximum atomic E-state index is 13.3. The van der Waals surface area contributed by atoms with Crippen LogP contribution in [0, 0.1) is 5.82 Å². The van der Waals surface area contributed by atoms with E-state index in [1.165, 1.54) is 6.07 Å².